The van der Waals surface area contributed by atoms with Gasteiger partial charge in [-0.3, -0.25) is 4.79 Å². The molecule has 1 aromatic carbocycles. The lowest BCUT2D eigenvalue weighted by atomic mass is 10.3. The van der Waals surface area contributed by atoms with Crippen molar-refractivity contribution in [1.29, 1.82) is 0 Å². The minimum Gasteiger partial charge on any atom is -0.380 e. The van der Waals surface area contributed by atoms with Gasteiger partial charge in [-0.25, -0.2) is 0 Å². The average molecular weight is 291 g/mol. The molecule has 2 N–H and O–H groups in total. The van der Waals surface area contributed by atoms with Crippen LogP contribution in [0.15, 0.2) is 18.2 Å². The maximum absolute atomic E-state index is 11.6. The van der Waals surface area contributed by atoms with Crippen LogP contribution < -0.4 is 10.6 Å². The van der Waals surface area contributed by atoms with E-state index >= 15 is 0 Å². The Balaban J connectivity index is 2.36. The summed E-state index contributed by atoms with van der Waals surface area (Å²) in [6.07, 6.45) is 0. The molecule has 0 heterocycles. The van der Waals surface area contributed by atoms with E-state index in [9.17, 15) is 4.79 Å². The van der Waals surface area contributed by atoms with E-state index in [2.05, 4.69) is 10.6 Å². The van der Waals surface area contributed by atoms with Crippen LogP contribution in [-0.2, 0) is 9.53 Å². The molecule has 0 aliphatic rings. The number of rotatable bonds is 7. The maximum atomic E-state index is 11.6. The molecule has 0 fully saturated rings. The highest BCUT2D eigenvalue weighted by molar-refractivity contribution is 6.39. The van der Waals surface area contributed by atoms with Gasteiger partial charge in [0.05, 0.1) is 28.9 Å². The summed E-state index contributed by atoms with van der Waals surface area (Å²) in [6, 6.07) is 5.07. The number of para-hydroxylation sites is 1. The molecule has 0 unspecified atom stereocenters. The van der Waals surface area contributed by atoms with Gasteiger partial charge in [-0.1, -0.05) is 29.3 Å². The molecule has 1 amide bonds. The molecular formula is C12H16Cl2N2O2. The summed E-state index contributed by atoms with van der Waals surface area (Å²) in [5, 5.41) is 6.46. The van der Waals surface area contributed by atoms with Crippen molar-refractivity contribution in [3.05, 3.63) is 28.2 Å². The number of amides is 1. The minimum absolute atomic E-state index is 0.189. The van der Waals surface area contributed by atoms with Gasteiger partial charge in [0.15, 0.2) is 0 Å². The van der Waals surface area contributed by atoms with E-state index < -0.39 is 0 Å². The number of nitrogens with one attached hydrogen (secondary N) is 2. The first-order chi connectivity index (χ1) is 8.65. The summed E-state index contributed by atoms with van der Waals surface area (Å²) >= 11 is 11.9. The second kappa shape index (κ2) is 8.32. The Morgan fingerprint density at radius 2 is 2.00 bits per heavy atom. The van der Waals surface area contributed by atoms with E-state index in [0.29, 0.717) is 35.5 Å². The number of benzene rings is 1. The molecule has 0 aliphatic carbocycles. The molecule has 0 atom stereocenters. The van der Waals surface area contributed by atoms with Gasteiger partial charge >= 0.3 is 0 Å². The van der Waals surface area contributed by atoms with Crippen molar-refractivity contribution in [3.8, 4) is 0 Å². The predicted octanol–water partition coefficient (Wildman–Crippen LogP) is 2.56. The standard InChI is InChI=1S/C12H16Cl2N2O2/c1-2-18-7-6-15-8-11(17)16-12-9(13)4-3-5-10(12)14/h3-5,15H,2,6-8H2,1H3,(H,16,17). The molecule has 0 saturated heterocycles. The summed E-state index contributed by atoms with van der Waals surface area (Å²) in [5.41, 5.74) is 0.442. The molecule has 1 rings (SSSR count). The zero-order chi connectivity index (χ0) is 13.4. The van der Waals surface area contributed by atoms with E-state index in [1.807, 2.05) is 6.92 Å². The zero-order valence-corrected chi connectivity index (χ0v) is 11.6. The van der Waals surface area contributed by atoms with Crippen LogP contribution in [0.4, 0.5) is 5.69 Å². The highest BCUT2D eigenvalue weighted by Gasteiger charge is 2.08. The fourth-order valence-corrected chi connectivity index (χ4v) is 1.78. The first kappa shape index (κ1) is 15.2. The summed E-state index contributed by atoms with van der Waals surface area (Å²) in [6.45, 7) is 3.98. The van der Waals surface area contributed by atoms with Gasteiger partial charge in [0.1, 0.15) is 0 Å². The van der Waals surface area contributed by atoms with Crippen LogP contribution in [0, 0.1) is 0 Å². The summed E-state index contributed by atoms with van der Waals surface area (Å²) in [5.74, 6) is -0.193. The molecule has 0 radical (unpaired) electrons. The lowest BCUT2D eigenvalue weighted by molar-refractivity contribution is -0.115. The fraction of sp³-hybridized carbons (Fsp3) is 0.417. The second-order valence-corrected chi connectivity index (χ2v) is 4.33. The lowest BCUT2D eigenvalue weighted by Gasteiger charge is -2.09. The third kappa shape index (κ3) is 5.23. The normalized spacial score (nSPS) is 10.4. The molecule has 0 aliphatic heterocycles. The largest absolute Gasteiger partial charge is 0.380 e. The van der Waals surface area contributed by atoms with Gasteiger partial charge in [0, 0.05) is 13.2 Å². The van der Waals surface area contributed by atoms with Crippen LogP contribution in [0.3, 0.4) is 0 Å². The first-order valence-electron chi connectivity index (χ1n) is 5.67. The molecule has 18 heavy (non-hydrogen) atoms. The number of hydrogen-bond acceptors (Lipinski definition) is 3. The Morgan fingerprint density at radius 1 is 1.33 bits per heavy atom. The van der Waals surface area contributed by atoms with Crippen LogP contribution in [0.25, 0.3) is 0 Å². The summed E-state index contributed by atoms with van der Waals surface area (Å²) < 4.78 is 5.14. The Morgan fingerprint density at radius 3 is 2.61 bits per heavy atom. The van der Waals surface area contributed by atoms with Crippen LogP contribution in [-0.4, -0.2) is 32.2 Å². The Labute approximate surface area is 117 Å². The molecule has 0 bridgehead atoms. The van der Waals surface area contributed by atoms with E-state index in [-0.39, 0.29) is 12.5 Å². The summed E-state index contributed by atoms with van der Waals surface area (Å²) in [7, 11) is 0. The number of carbonyl (C=O) groups is 1. The quantitative estimate of drug-likeness (QED) is 0.759. The molecule has 0 saturated carbocycles. The van der Waals surface area contributed by atoms with Crippen molar-refractivity contribution >= 4 is 34.8 Å². The van der Waals surface area contributed by atoms with Gasteiger partial charge in [0.25, 0.3) is 0 Å². The van der Waals surface area contributed by atoms with Crippen molar-refractivity contribution in [2.24, 2.45) is 0 Å². The van der Waals surface area contributed by atoms with Crippen LogP contribution in [0.2, 0.25) is 10.0 Å². The van der Waals surface area contributed by atoms with Crippen molar-refractivity contribution < 1.29 is 9.53 Å². The zero-order valence-electron chi connectivity index (χ0n) is 10.1. The van der Waals surface area contributed by atoms with E-state index in [1.54, 1.807) is 18.2 Å². The SMILES string of the molecule is CCOCCNCC(=O)Nc1c(Cl)cccc1Cl. The smallest absolute Gasteiger partial charge is 0.238 e. The van der Waals surface area contributed by atoms with Crippen LogP contribution >= 0.6 is 23.2 Å². The molecule has 6 heteroatoms. The molecule has 4 nitrogen and oxygen atoms in total. The lowest BCUT2D eigenvalue weighted by Crippen LogP contribution is -2.30. The number of carbonyl (C=O) groups excluding carboxylic acids is 1. The fourth-order valence-electron chi connectivity index (χ4n) is 1.29. The second-order valence-electron chi connectivity index (χ2n) is 3.52. The average Bonchev–Trinajstić information content (AvgIpc) is 2.34. The highest BCUT2D eigenvalue weighted by atomic mass is 35.5. The van der Waals surface area contributed by atoms with Crippen molar-refractivity contribution in [1.82, 2.24) is 5.32 Å². The molecule has 0 spiro atoms. The molecule has 1 aromatic rings. The van der Waals surface area contributed by atoms with Gasteiger partial charge < -0.3 is 15.4 Å². The Bertz CT molecular complexity index is 379. The third-order valence-corrected chi connectivity index (χ3v) is 2.77. The van der Waals surface area contributed by atoms with Crippen molar-refractivity contribution in [2.45, 2.75) is 6.92 Å². The summed E-state index contributed by atoms with van der Waals surface area (Å²) in [4.78, 5) is 11.6. The monoisotopic (exact) mass is 290 g/mol. The predicted molar refractivity (Wildman–Crippen MR) is 74.5 cm³/mol. The Hall–Kier alpha value is -0.810. The number of halogens is 2. The highest BCUT2D eigenvalue weighted by Crippen LogP contribution is 2.29. The van der Waals surface area contributed by atoms with Crippen LogP contribution in [0.1, 0.15) is 6.92 Å². The van der Waals surface area contributed by atoms with E-state index in [1.165, 1.54) is 0 Å². The topological polar surface area (TPSA) is 50.4 Å². The number of hydrogen-bond donors (Lipinski definition) is 2. The third-order valence-electron chi connectivity index (χ3n) is 2.14. The maximum Gasteiger partial charge on any atom is 0.238 e. The van der Waals surface area contributed by atoms with Crippen LogP contribution in [0.5, 0.6) is 0 Å². The first-order valence-corrected chi connectivity index (χ1v) is 6.43. The molecule has 100 valence electrons. The van der Waals surface area contributed by atoms with E-state index in [0.717, 1.165) is 0 Å². The van der Waals surface area contributed by atoms with Gasteiger partial charge in [0.2, 0.25) is 5.91 Å². The van der Waals surface area contributed by atoms with Gasteiger partial charge in [-0.2, -0.15) is 0 Å². The van der Waals surface area contributed by atoms with Gasteiger partial charge in [-0.15, -0.1) is 0 Å². The van der Waals surface area contributed by atoms with Gasteiger partial charge in [-0.05, 0) is 19.1 Å². The number of ether oxygens (including phenoxy) is 1. The van der Waals surface area contributed by atoms with Crippen molar-refractivity contribution in [3.63, 3.8) is 0 Å². The van der Waals surface area contributed by atoms with Crippen molar-refractivity contribution in [2.75, 3.05) is 31.6 Å². The minimum atomic E-state index is -0.193. The number of anilines is 1. The van der Waals surface area contributed by atoms with E-state index in [4.69, 9.17) is 27.9 Å². The molecular weight excluding hydrogens is 275 g/mol. The Kier molecular flexibility index (Phi) is 7.05. The molecule has 0 aromatic heterocycles.